The highest BCUT2D eigenvalue weighted by Crippen LogP contribution is 2.31. The van der Waals surface area contributed by atoms with Crippen LogP contribution in [-0.2, 0) is 4.74 Å². The van der Waals surface area contributed by atoms with Crippen molar-refractivity contribution in [2.24, 2.45) is 0 Å². The molecule has 2 amide bonds. The van der Waals surface area contributed by atoms with E-state index in [1.165, 1.54) is 18.3 Å². The maximum Gasteiger partial charge on any atom is 0.414 e. The second kappa shape index (κ2) is 6.84. The van der Waals surface area contributed by atoms with Crippen molar-refractivity contribution in [2.45, 2.75) is 6.10 Å². The van der Waals surface area contributed by atoms with Gasteiger partial charge in [0.2, 0.25) is 0 Å². The van der Waals surface area contributed by atoms with Crippen LogP contribution in [0.25, 0.3) is 0 Å². The zero-order valence-electron chi connectivity index (χ0n) is 12.8. The SMILES string of the molecule is COc1ccc(N2CC(CNC(=O)c3ccco3)OC2=O)cc1Cl. The molecule has 1 aromatic carbocycles. The van der Waals surface area contributed by atoms with Gasteiger partial charge in [-0.15, -0.1) is 0 Å². The van der Waals surface area contributed by atoms with Crippen LogP contribution in [0.1, 0.15) is 10.6 Å². The number of methoxy groups -OCH3 is 1. The van der Waals surface area contributed by atoms with Crippen LogP contribution in [0.4, 0.5) is 10.5 Å². The fourth-order valence-electron chi connectivity index (χ4n) is 2.36. The van der Waals surface area contributed by atoms with Crippen molar-refractivity contribution in [3.8, 4) is 5.75 Å². The molecule has 1 aliphatic rings. The molecule has 1 unspecified atom stereocenters. The molecule has 0 radical (unpaired) electrons. The number of halogens is 1. The van der Waals surface area contributed by atoms with Gasteiger partial charge in [-0.1, -0.05) is 11.6 Å². The minimum absolute atomic E-state index is 0.186. The Kier molecular flexibility index (Phi) is 4.61. The predicted octanol–water partition coefficient (Wildman–Crippen LogP) is 2.70. The molecule has 126 valence electrons. The standard InChI is InChI=1S/C16H15ClN2O5/c1-22-13-5-4-10(7-12(13)17)19-9-11(24-16(19)21)8-18-15(20)14-3-2-6-23-14/h2-7,11H,8-9H2,1H3,(H,18,20). The van der Waals surface area contributed by atoms with E-state index in [-0.39, 0.29) is 18.2 Å². The maximum absolute atomic E-state index is 12.0. The van der Waals surface area contributed by atoms with Gasteiger partial charge >= 0.3 is 6.09 Å². The molecule has 0 bridgehead atoms. The maximum atomic E-state index is 12.0. The Hall–Kier alpha value is -2.67. The number of furan rings is 1. The number of nitrogens with one attached hydrogen (secondary N) is 1. The molecule has 1 atom stereocenters. The largest absolute Gasteiger partial charge is 0.495 e. The van der Waals surface area contributed by atoms with Gasteiger partial charge in [-0.25, -0.2) is 4.79 Å². The first-order chi connectivity index (χ1) is 11.6. The monoisotopic (exact) mass is 350 g/mol. The van der Waals surface area contributed by atoms with Crippen LogP contribution >= 0.6 is 11.6 Å². The molecule has 1 N–H and O–H groups in total. The molecule has 0 aliphatic carbocycles. The quantitative estimate of drug-likeness (QED) is 0.896. The number of benzene rings is 1. The fourth-order valence-corrected chi connectivity index (χ4v) is 2.62. The summed E-state index contributed by atoms with van der Waals surface area (Å²) < 4.78 is 15.3. The Morgan fingerprint density at radius 1 is 1.46 bits per heavy atom. The normalized spacial score (nSPS) is 16.8. The number of hydrogen-bond donors (Lipinski definition) is 1. The van der Waals surface area contributed by atoms with E-state index in [9.17, 15) is 9.59 Å². The average molecular weight is 351 g/mol. The van der Waals surface area contributed by atoms with Crippen molar-refractivity contribution >= 4 is 29.3 Å². The minimum atomic E-state index is -0.492. The second-order valence-electron chi connectivity index (χ2n) is 5.12. The Morgan fingerprint density at radius 2 is 2.29 bits per heavy atom. The highest BCUT2D eigenvalue weighted by atomic mass is 35.5. The number of hydrogen-bond acceptors (Lipinski definition) is 5. The van der Waals surface area contributed by atoms with E-state index in [4.69, 9.17) is 25.5 Å². The van der Waals surface area contributed by atoms with Crippen molar-refractivity contribution < 1.29 is 23.5 Å². The number of carbonyl (C=O) groups excluding carboxylic acids is 2. The summed E-state index contributed by atoms with van der Waals surface area (Å²) >= 11 is 6.08. The van der Waals surface area contributed by atoms with Gasteiger partial charge in [0.15, 0.2) is 5.76 Å². The third kappa shape index (κ3) is 3.30. The van der Waals surface area contributed by atoms with E-state index in [1.807, 2.05) is 0 Å². The zero-order valence-corrected chi connectivity index (χ0v) is 13.6. The van der Waals surface area contributed by atoms with Crippen LogP contribution in [0.3, 0.4) is 0 Å². The van der Waals surface area contributed by atoms with Crippen LogP contribution in [0.5, 0.6) is 5.75 Å². The molecule has 1 aromatic heterocycles. The van der Waals surface area contributed by atoms with E-state index in [0.29, 0.717) is 23.0 Å². The lowest BCUT2D eigenvalue weighted by Gasteiger charge is -2.14. The third-order valence-electron chi connectivity index (χ3n) is 3.56. The summed E-state index contributed by atoms with van der Waals surface area (Å²) in [4.78, 5) is 25.3. The third-order valence-corrected chi connectivity index (χ3v) is 3.85. The molecule has 3 rings (SSSR count). The molecule has 0 spiro atoms. The van der Waals surface area contributed by atoms with Gasteiger partial charge in [0.25, 0.3) is 5.91 Å². The highest BCUT2D eigenvalue weighted by molar-refractivity contribution is 6.32. The number of cyclic esters (lactones) is 1. The summed E-state index contributed by atoms with van der Waals surface area (Å²) in [5.74, 6) is 0.371. The van der Waals surface area contributed by atoms with Crippen LogP contribution in [0.15, 0.2) is 41.0 Å². The number of nitrogens with zero attached hydrogens (tertiary/aromatic N) is 1. The molecule has 7 nitrogen and oxygen atoms in total. The van der Waals surface area contributed by atoms with E-state index in [1.54, 1.807) is 30.3 Å². The lowest BCUT2D eigenvalue weighted by molar-refractivity contribution is 0.0889. The molecule has 1 aliphatic heterocycles. The van der Waals surface area contributed by atoms with Gasteiger partial charge in [0.1, 0.15) is 11.9 Å². The summed E-state index contributed by atoms with van der Waals surface area (Å²) in [6.45, 7) is 0.492. The first-order valence-electron chi connectivity index (χ1n) is 7.22. The predicted molar refractivity (Wildman–Crippen MR) is 86.7 cm³/mol. The lowest BCUT2D eigenvalue weighted by atomic mass is 10.2. The van der Waals surface area contributed by atoms with Gasteiger partial charge in [0.05, 0.1) is 31.5 Å². The number of anilines is 1. The number of ether oxygens (including phenoxy) is 2. The fraction of sp³-hybridized carbons (Fsp3) is 0.250. The lowest BCUT2D eigenvalue weighted by Crippen LogP contribution is -2.34. The molecule has 1 saturated heterocycles. The van der Waals surface area contributed by atoms with Crippen molar-refractivity contribution in [1.29, 1.82) is 0 Å². The van der Waals surface area contributed by atoms with Gasteiger partial charge in [-0.2, -0.15) is 0 Å². The Balaban J connectivity index is 1.61. The van der Waals surface area contributed by atoms with Gasteiger partial charge in [-0.3, -0.25) is 9.69 Å². The molecule has 1 fully saturated rings. The first kappa shape index (κ1) is 16.2. The number of carbonyl (C=O) groups is 2. The molecule has 8 heteroatoms. The van der Waals surface area contributed by atoms with Crippen LogP contribution in [0, 0.1) is 0 Å². The van der Waals surface area contributed by atoms with Crippen LogP contribution in [0.2, 0.25) is 5.02 Å². The molecule has 0 saturated carbocycles. The molecule has 24 heavy (non-hydrogen) atoms. The van der Waals surface area contributed by atoms with Crippen LogP contribution in [-0.4, -0.2) is 38.3 Å². The minimum Gasteiger partial charge on any atom is -0.495 e. The van der Waals surface area contributed by atoms with Crippen molar-refractivity contribution in [3.05, 3.63) is 47.4 Å². The molecule has 2 heterocycles. The Labute approximate surface area is 143 Å². The Morgan fingerprint density at radius 3 is 2.96 bits per heavy atom. The molecular weight excluding hydrogens is 336 g/mol. The summed E-state index contributed by atoms with van der Waals surface area (Å²) in [5, 5.41) is 3.07. The summed E-state index contributed by atoms with van der Waals surface area (Å²) in [6, 6.07) is 8.21. The summed E-state index contributed by atoms with van der Waals surface area (Å²) in [6.07, 6.45) is 0.463. The Bertz CT molecular complexity index is 747. The summed E-state index contributed by atoms with van der Waals surface area (Å²) in [7, 11) is 1.52. The van der Waals surface area contributed by atoms with E-state index in [0.717, 1.165) is 0 Å². The van der Waals surface area contributed by atoms with Crippen molar-refractivity contribution in [1.82, 2.24) is 5.32 Å². The van der Waals surface area contributed by atoms with Crippen molar-refractivity contribution in [2.75, 3.05) is 25.1 Å². The van der Waals surface area contributed by atoms with Gasteiger partial charge in [-0.05, 0) is 30.3 Å². The first-order valence-corrected chi connectivity index (χ1v) is 7.59. The van der Waals surface area contributed by atoms with E-state index < -0.39 is 12.2 Å². The second-order valence-corrected chi connectivity index (χ2v) is 5.53. The smallest absolute Gasteiger partial charge is 0.414 e. The van der Waals surface area contributed by atoms with Crippen LogP contribution < -0.4 is 15.0 Å². The van der Waals surface area contributed by atoms with E-state index in [2.05, 4.69) is 5.32 Å². The molecule has 2 aromatic rings. The summed E-state index contributed by atoms with van der Waals surface area (Å²) in [5.41, 5.74) is 0.602. The van der Waals surface area contributed by atoms with Gasteiger partial charge < -0.3 is 19.2 Å². The highest BCUT2D eigenvalue weighted by Gasteiger charge is 2.33. The number of amides is 2. The average Bonchev–Trinajstić information content (AvgIpc) is 3.22. The van der Waals surface area contributed by atoms with E-state index >= 15 is 0 Å². The molecular formula is C16H15ClN2O5. The topological polar surface area (TPSA) is 81.0 Å². The van der Waals surface area contributed by atoms with Crippen molar-refractivity contribution in [3.63, 3.8) is 0 Å². The van der Waals surface area contributed by atoms with Gasteiger partial charge in [0, 0.05) is 5.69 Å². The number of rotatable bonds is 5. The zero-order chi connectivity index (χ0) is 17.1.